The summed E-state index contributed by atoms with van der Waals surface area (Å²) in [5.41, 5.74) is -0.0935. The molecule has 17 heavy (non-hydrogen) atoms. The van der Waals surface area contributed by atoms with E-state index in [9.17, 15) is 13.6 Å². The predicted molar refractivity (Wildman–Crippen MR) is 62.2 cm³/mol. The number of rotatable bonds is 4. The van der Waals surface area contributed by atoms with Gasteiger partial charge in [0, 0.05) is 10.0 Å². The SMILES string of the molecule is CCOC(=O)Cc1cc(Br)c(C(F)F)nc1Cl. The van der Waals surface area contributed by atoms with Crippen LogP contribution in [0.1, 0.15) is 24.6 Å². The van der Waals surface area contributed by atoms with Gasteiger partial charge in [0.2, 0.25) is 0 Å². The van der Waals surface area contributed by atoms with Crippen LogP contribution in [0.4, 0.5) is 8.78 Å². The quantitative estimate of drug-likeness (QED) is 0.627. The van der Waals surface area contributed by atoms with Crippen molar-refractivity contribution in [3.8, 4) is 0 Å². The Kier molecular flexibility index (Phi) is 5.27. The summed E-state index contributed by atoms with van der Waals surface area (Å²) in [7, 11) is 0. The van der Waals surface area contributed by atoms with Crippen molar-refractivity contribution in [2.45, 2.75) is 19.8 Å². The number of esters is 1. The number of carbonyl (C=O) groups is 1. The van der Waals surface area contributed by atoms with E-state index in [-0.39, 0.29) is 22.7 Å². The fourth-order valence-corrected chi connectivity index (χ4v) is 1.91. The number of hydrogen-bond acceptors (Lipinski definition) is 3. The lowest BCUT2D eigenvalue weighted by atomic mass is 10.2. The van der Waals surface area contributed by atoms with E-state index in [2.05, 4.69) is 20.9 Å². The molecule has 0 fully saturated rings. The van der Waals surface area contributed by atoms with Crippen molar-refractivity contribution in [1.29, 1.82) is 0 Å². The van der Waals surface area contributed by atoms with Gasteiger partial charge in [-0.25, -0.2) is 13.8 Å². The first-order valence-electron chi connectivity index (χ1n) is 4.74. The van der Waals surface area contributed by atoms with Crippen LogP contribution in [0.3, 0.4) is 0 Å². The fraction of sp³-hybridized carbons (Fsp3) is 0.400. The molecule has 0 amide bonds. The Morgan fingerprint density at radius 1 is 1.65 bits per heavy atom. The third-order valence-corrected chi connectivity index (χ3v) is 2.84. The first kappa shape index (κ1) is 14.3. The van der Waals surface area contributed by atoms with Gasteiger partial charge in [0.05, 0.1) is 13.0 Å². The molecular formula is C10H9BrClF2NO2. The molecule has 1 aromatic rings. The monoisotopic (exact) mass is 327 g/mol. The maximum atomic E-state index is 12.5. The molecule has 0 spiro atoms. The van der Waals surface area contributed by atoms with Crippen LogP contribution in [0, 0.1) is 0 Å². The molecular weight excluding hydrogens is 319 g/mol. The molecule has 0 unspecified atom stereocenters. The molecule has 0 aliphatic heterocycles. The van der Waals surface area contributed by atoms with Crippen LogP contribution in [0.5, 0.6) is 0 Å². The summed E-state index contributed by atoms with van der Waals surface area (Å²) in [5.74, 6) is -0.479. The summed E-state index contributed by atoms with van der Waals surface area (Å²) in [6.45, 7) is 1.92. The van der Waals surface area contributed by atoms with Gasteiger partial charge in [0.15, 0.2) is 0 Å². The smallest absolute Gasteiger partial charge is 0.310 e. The molecule has 0 aliphatic carbocycles. The summed E-state index contributed by atoms with van der Waals surface area (Å²) in [5, 5.41) is -0.114. The zero-order chi connectivity index (χ0) is 13.0. The van der Waals surface area contributed by atoms with Crippen molar-refractivity contribution in [2.24, 2.45) is 0 Å². The number of nitrogens with zero attached hydrogens (tertiary/aromatic N) is 1. The zero-order valence-corrected chi connectivity index (χ0v) is 11.2. The molecule has 1 aromatic heterocycles. The number of carbonyl (C=O) groups excluding carboxylic acids is 1. The van der Waals surface area contributed by atoms with Crippen LogP contribution in [-0.4, -0.2) is 17.6 Å². The Balaban J connectivity index is 2.95. The van der Waals surface area contributed by atoms with Crippen LogP contribution >= 0.6 is 27.5 Å². The zero-order valence-electron chi connectivity index (χ0n) is 8.84. The molecule has 0 N–H and O–H groups in total. The van der Waals surface area contributed by atoms with E-state index >= 15 is 0 Å². The molecule has 0 atom stereocenters. The molecule has 0 aliphatic rings. The summed E-state index contributed by atoms with van der Waals surface area (Å²) < 4.78 is 29.8. The van der Waals surface area contributed by atoms with Gasteiger partial charge in [0.25, 0.3) is 6.43 Å². The van der Waals surface area contributed by atoms with E-state index in [1.807, 2.05) is 0 Å². The lowest BCUT2D eigenvalue weighted by Gasteiger charge is -2.08. The van der Waals surface area contributed by atoms with Gasteiger partial charge < -0.3 is 4.74 Å². The fourth-order valence-electron chi connectivity index (χ4n) is 1.16. The van der Waals surface area contributed by atoms with Crippen molar-refractivity contribution in [1.82, 2.24) is 4.98 Å². The molecule has 0 bridgehead atoms. The lowest BCUT2D eigenvalue weighted by molar-refractivity contribution is -0.142. The van der Waals surface area contributed by atoms with E-state index in [0.717, 1.165) is 0 Å². The average Bonchev–Trinajstić information content (AvgIpc) is 2.22. The van der Waals surface area contributed by atoms with Crippen LogP contribution in [-0.2, 0) is 16.0 Å². The van der Waals surface area contributed by atoms with Crippen LogP contribution in [0.25, 0.3) is 0 Å². The second kappa shape index (κ2) is 6.26. The first-order chi connectivity index (χ1) is 7.95. The lowest BCUT2D eigenvalue weighted by Crippen LogP contribution is -2.09. The van der Waals surface area contributed by atoms with E-state index in [4.69, 9.17) is 16.3 Å². The number of hydrogen-bond donors (Lipinski definition) is 0. The van der Waals surface area contributed by atoms with Crippen molar-refractivity contribution in [3.05, 3.63) is 26.9 Å². The van der Waals surface area contributed by atoms with E-state index in [0.29, 0.717) is 5.56 Å². The van der Waals surface area contributed by atoms with Crippen LogP contribution < -0.4 is 0 Å². The molecule has 3 nitrogen and oxygen atoms in total. The highest BCUT2D eigenvalue weighted by atomic mass is 79.9. The Bertz CT molecular complexity index is 429. The van der Waals surface area contributed by atoms with Crippen molar-refractivity contribution < 1.29 is 18.3 Å². The molecule has 7 heteroatoms. The minimum absolute atomic E-state index is 0.0954. The highest BCUT2D eigenvalue weighted by Gasteiger charge is 2.18. The summed E-state index contributed by atoms with van der Waals surface area (Å²) in [4.78, 5) is 14.8. The van der Waals surface area contributed by atoms with Crippen molar-refractivity contribution >= 4 is 33.5 Å². The van der Waals surface area contributed by atoms with Crippen LogP contribution in [0.2, 0.25) is 5.15 Å². The average molecular weight is 329 g/mol. The summed E-state index contributed by atoms with van der Waals surface area (Å²) >= 11 is 8.67. The highest BCUT2D eigenvalue weighted by Crippen LogP contribution is 2.29. The minimum atomic E-state index is -2.72. The number of ether oxygens (including phenoxy) is 1. The van der Waals surface area contributed by atoms with Crippen molar-refractivity contribution in [3.63, 3.8) is 0 Å². The predicted octanol–water partition coefficient (Wildman–Crippen LogP) is 3.54. The summed E-state index contributed by atoms with van der Waals surface area (Å²) in [6.07, 6.45) is -2.82. The van der Waals surface area contributed by atoms with Gasteiger partial charge in [-0.05, 0) is 28.9 Å². The Morgan fingerprint density at radius 2 is 2.29 bits per heavy atom. The maximum Gasteiger partial charge on any atom is 0.310 e. The van der Waals surface area contributed by atoms with E-state index in [1.54, 1.807) is 6.92 Å². The molecule has 0 radical (unpaired) electrons. The molecule has 0 saturated carbocycles. The third kappa shape index (κ3) is 3.89. The van der Waals surface area contributed by atoms with Gasteiger partial charge in [0.1, 0.15) is 10.8 Å². The topological polar surface area (TPSA) is 39.2 Å². The molecule has 94 valence electrons. The normalized spacial score (nSPS) is 10.7. The summed E-state index contributed by atoms with van der Waals surface area (Å²) in [6, 6.07) is 1.35. The second-order valence-corrected chi connectivity index (χ2v) is 4.30. The Morgan fingerprint density at radius 3 is 2.82 bits per heavy atom. The minimum Gasteiger partial charge on any atom is -0.466 e. The van der Waals surface area contributed by atoms with Gasteiger partial charge in [-0.2, -0.15) is 0 Å². The van der Waals surface area contributed by atoms with Gasteiger partial charge >= 0.3 is 5.97 Å². The first-order valence-corrected chi connectivity index (χ1v) is 5.91. The molecule has 0 saturated heterocycles. The third-order valence-electron chi connectivity index (χ3n) is 1.88. The molecule has 0 aromatic carbocycles. The van der Waals surface area contributed by atoms with Crippen molar-refractivity contribution in [2.75, 3.05) is 6.61 Å². The number of pyridine rings is 1. The standard InChI is InChI=1S/C10H9BrClF2NO2/c1-2-17-7(16)4-5-3-6(11)8(10(13)14)15-9(5)12/h3,10H,2,4H2,1H3. The Labute approximate surface area is 110 Å². The van der Waals surface area contributed by atoms with Gasteiger partial charge in [-0.15, -0.1) is 0 Å². The second-order valence-electron chi connectivity index (χ2n) is 3.09. The highest BCUT2D eigenvalue weighted by molar-refractivity contribution is 9.10. The number of halogens is 4. The maximum absolute atomic E-state index is 12.5. The van der Waals surface area contributed by atoms with E-state index < -0.39 is 18.1 Å². The van der Waals surface area contributed by atoms with E-state index in [1.165, 1.54) is 6.07 Å². The van der Waals surface area contributed by atoms with Crippen LogP contribution in [0.15, 0.2) is 10.5 Å². The van der Waals surface area contributed by atoms with Gasteiger partial charge in [-0.1, -0.05) is 11.6 Å². The number of aromatic nitrogens is 1. The molecule has 1 rings (SSSR count). The largest absolute Gasteiger partial charge is 0.466 e. The Hall–Kier alpha value is -0.750. The number of alkyl halides is 2. The van der Waals surface area contributed by atoms with Gasteiger partial charge in [-0.3, -0.25) is 4.79 Å². The molecule has 1 heterocycles.